The number of allylic oxidation sites excluding steroid dienone is 1. The average Bonchev–Trinajstić information content (AvgIpc) is 3.50. The summed E-state index contributed by atoms with van der Waals surface area (Å²) in [7, 11) is 0. The minimum Gasteiger partial charge on any atom is -0.478 e. The zero-order valence-corrected chi connectivity index (χ0v) is 16.1. The molecule has 0 saturated heterocycles. The molecule has 4 rings (SSSR count). The smallest absolute Gasteiger partial charge is 0.338 e. The number of hydrogen-bond acceptors (Lipinski definition) is 3. The summed E-state index contributed by atoms with van der Waals surface area (Å²) in [6, 6.07) is 6.73. The van der Waals surface area contributed by atoms with Crippen LogP contribution in [0.4, 0.5) is 8.78 Å². The van der Waals surface area contributed by atoms with E-state index >= 15 is 0 Å². The summed E-state index contributed by atoms with van der Waals surface area (Å²) in [5, 5.41) is 9.36. The molecule has 0 radical (unpaired) electrons. The number of aromatic carboxylic acids is 1. The molecule has 1 saturated carbocycles. The Hall–Kier alpha value is -2.86. The highest BCUT2D eigenvalue weighted by atomic mass is 35.5. The van der Waals surface area contributed by atoms with Gasteiger partial charge in [0, 0.05) is 19.3 Å². The van der Waals surface area contributed by atoms with E-state index in [9.17, 15) is 18.7 Å². The Morgan fingerprint density at radius 3 is 2.66 bits per heavy atom. The molecule has 0 unspecified atom stereocenters. The lowest BCUT2D eigenvalue weighted by molar-refractivity contribution is 0.0691. The molecule has 1 aliphatic heterocycles. The quantitative estimate of drug-likeness (QED) is 0.675. The maximum Gasteiger partial charge on any atom is 0.338 e. The van der Waals surface area contributed by atoms with Gasteiger partial charge in [-0.25, -0.2) is 13.6 Å². The molecular weight excluding hydrogens is 400 g/mol. The number of nitrogens with zero attached hydrogens (tertiary/aromatic N) is 1. The van der Waals surface area contributed by atoms with Gasteiger partial charge in [-0.05, 0) is 72.4 Å². The number of carboxylic acids is 1. The number of halogens is 3. The van der Waals surface area contributed by atoms with Crippen LogP contribution in [0, 0.1) is 11.6 Å². The van der Waals surface area contributed by atoms with Crippen LogP contribution in [0.15, 0.2) is 54.4 Å². The summed E-state index contributed by atoms with van der Waals surface area (Å²) < 4.78 is 33.0. The first-order chi connectivity index (χ1) is 13.9. The standard InChI is InChI=1S/C22H18ClF2NO3/c23-19-10-15(24)3-4-21(19)29-16-5-7-26(8-6-16)12-14-9-20(25)18(22(27)28)11-17(14)13-1-2-13/h3-7,9-11,13H,1-2,8,12H2,(H,27,28). The van der Waals surface area contributed by atoms with Crippen LogP contribution in [-0.2, 0) is 6.54 Å². The van der Waals surface area contributed by atoms with E-state index in [1.165, 1.54) is 30.3 Å². The van der Waals surface area contributed by atoms with Crippen LogP contribution in [0.25, 0.3) is 0 Å². The zero-order valence-electron chi connectivity index (χ0n) is 15.4. The summed E-state index contributed by atoms with van der Waals surface area (Å²) in [5.41, 5.74) is 1.41. The molecule has 2 aromatic rings. The fourth-order valence-electron chi connectivity index (χ4n) is 3.32. The van der Waals surface area contributed by atoms with Gasteiger partial charge in [-0.3, -0.25) is 0 Å². The van der Waals surface area contributed by atoms with Crippen molar-refractivity contribution in [2.75, 3.05) is 6.54 Å². The first-order valence-corrected chi connectivity index (χ1v) is 9.59. The predicted molar refractivity (Wildman–Crippen MR) is 105 cm³/mol. The summed E-state index contributed by atoms with van der Waals surface area (Å²) in [6.45, 7) is 0.983. The van der Waals surface area contributed by atoms with Crippen molar-refractivity contribution >= 4 is 17.6 Å². The molecule has 1 N–H and O–H groups in total. The van der Waals surface area contributed by atoms with Crippen molar-refractivity contribution < 1.29 is 23.4 Å². The molecule has 7 heteroatoms. The Labute approximate surface area is 171 Å². The number of carboxylic acid groups (broad SMARTS) is 1. The van der Waals surface area contributed by atoms with E-state index in [1.54, 1.807) is 6.08 Å². The number of benzene rings is 2. The number of ether oxygens (including phenoxy) is 1. The summed E-state index contributed by atoms with van der Waals surface area (Å²) in [5.74, 6) is -1.17. The monoisotopic (exact) mass is 417 g/mol. The average molecular weight is 418 g/mol. The third-order valence-electron chi connectivity index (χ3n) is 4.95. The second-order valence-corrected chi connectivity index (χ2v) is 7.55. The molecule has 1 heterocycles. The van der Waals surface area contributed by atoms with E-state index in [4.69, 9.17) is 16.3 Å². The second kappa shape index (κ2) is 7.87. The second-order valence-electron chi connectivity index (χ2n) is 7.14. The third kappa shape index (κ3) is 4.43. The largest absolute Gasteiger partial charge is 0.478 e. The van der Waals surface area contributed by atoms with Crippen molar-refractivity contribution in [2.45, 2.75) is 25.3 Å². The highest BCUT2D eigenvalue weighted by Crippen LogP contribution is 2.42. The van der Waals surface area contributed by atoms with Crippen LogP contribution in [0.2, 0.25) is 5.02 Å². The van der Waals surface area contributed by atoms with E-state index in [-0.39, 0.29) is 10.6 Å². The number of rotatable bonds is 6. The normalized spacial score (nSPS) is 16.0. The van der Waals surface area contributed by atoms with Crippen molar-refractivity contribution in [2.24, 2.45) is 0 Å². The third-order valence-corrected chi connectivity index (χ3v) is 5.24. The fraction of sp³-hybridized carbons (Fsp3) is 0.227. The topological polar surface area (TPSA) is 49.8 Å². The van der Waals surface area contributed by atoms with Crippen LogP contribution in [-0.4, -0.2) is 22.5 Å². The van der Waals surface area contributed by atoms with Crippen molar-refractivity contribution in [3.05, 3.63) is 87.8 Å². The van der Waals surface area contributed by atoms with Crippen LogP contribution >= 0.6 is 11.6 Å². The van der Waals surface area contributed by atoms with Crippen LogP contribution in [0.1, 0.15) is 40.2 Å². The van der Waals surface area contributed by atoms with Crippen molar-refractivity contribution in [1.82, 2.24) is 4.90 Å². The van der Waals surface area contributed by atoms with Crippen molar-refractivity contribution in [3.8, 4) is 5.75 Å². The molecule has 0 aromatic heterocycles. The maximum atomic E-state index is 14.2. The van der Waals surface area contributed by atoms with Gasteiger partial charge in [0.1, 0.15) is 23.1 Å². The molecule has 0 spiro atoms. The van der Waals surface area contributed by atoms with E-state index < -0.39 is 17.6 Å². The van der Waals surface area contributed by atoms with E-state index in [1.807, 2.05) is 17.2 Å². The first-order valence-electron chi connectivity index (χ1n) is 9.21. The molecule has 2 aromatic carbocycles. The Morgan fingerprint density at radius 2 is 2.03 bits per heavy atom. The Kier molecular flexibility index (Phi) is 5.28. The molecule has 1 fully saturated rings. The van der Waals surface area contributed by atoms with Gasteiger partial charge in [-0.15, -0.1) is 0 Å². The van der Waals surface area contributed by atoms with Gasteiger partial charge in [0.25, 0.3) is 0 Å². The molecule has 0 atom stereocenters. The molecular formula is C22H18ClF2NO3. The fourth-order valence-corrected chi connectivity index (χ4v) is 3.52. The van der Waals surface area contributed by atoms with Crippen molar-refractivity contribution in [3.63, 3.8) is 0 Å². The van der Waals surface area contributed by atoms with Gasteiger partial charge in [0.05, 0.1) is 10.6 Å². The molecule has 1 aliphatic carbocycles. The van der Waals surface area contributed by atoms with Crippen LogP contribution < -0.4 is 4.74 Å². The zero-order chi connectivity index (χ0) is 20.5. The molecule has 4 nitrogen and oxygen atoms in total. The Bertz CT molecular complexity index is 1030. The van der Waals surface area contributed by atoms with Gasteiger partial charge in [-0.2, -0.15) is 0 Å². The van der Waals surface area contributed by atoms with Gasteiger partial charge in [-0.1, -0.05) is 11.6 Å². The lowest BCUT2D eigenvalue weighted by atomic mass is 9.99. The lowest BCUT2D eigenvalue weighted by Crippen LogP contribution is -2.21. The van der Waals surface area contributed by atoms with Gasteiger partial charge >= 0.3 is 5.97 Å². The minimum absolute atomic E-state index is 0.185. The SMILES string of the molecule is O=C(O)c1cc(C2CC2)c(CN2C=CC(Oc3ccc(F)cc3Cl)=CC2)cc1F. The highest BCUT2D eigenvalue weighted by Gasteiger charge is 2.29. The van der Waals surface area contributed by atoms with Crippen molar-refractivity contribution in [1.29, 1.82) is 0 Å². The molecule has 0 bridgehead atoms. The highest BCUT2D eigenvalue weighted by molar-refractivity contribution is 6.32. The first kappa shape index (κ1) is 19.5. The predicted octanol–water partition coefficient (Wildman–Crippen LogP) is 5.49. The van der Waals surface area contributed by atoms with Gasteiger partial charge < -0.3 is 14.7 Å². The Balaban J connectivity index is 1.46. The summed E-state index contributed by atoms with van der Waals surface area (Å²) in [4.78, 5) is 13.2. The Morgan fingerprint density at radius 1 is 1.24 bits per heavy atom. The van der Waals surface area contributed by atoms with Gasteiger partial charge in [0.15, 0.2) is 0 Å². The summed E-state index contributed by atoms with van der Waals surface area (Å²) >= 11 is 5.98. The van der Waals surface area contributed by atoms with E-state index in [0.717, 1.165) is 24.0 Å². The number of hydrogen-bond donors (Lipinski definition) is 1. The molecule has 29 heavy (non-hydrogen) atoms. The minimum atomic E-state index is -1.25. The van der Waals surface area contributed by atoms with Crippen LogP contribution in [0.5, 0.6) is 5.75 Å². The number of carbonyl (C=O) groups is 1. The summed E-state index contributed by atoms with van der Waals surface area (Å²) in [6.07, 6.45) is 7.40. The molecule has 0 amide bonds. The van der Waals surface area contributed by atoms with E-state index in [2.05, 4.69) is 0 Å². The maximum absolute atomic E-state index is 14.2. The van der Waals surface area contributed by atoms with Crippen LogP contribution in [0.3, 0.4) is 0 Å². The lowest BCUT2D eigenvalue weighted by Gasteiger charge is -2.24. The molecule has 2 aliphatic rings. The van der Waals surface area contributed by atoms with E-state index in [0.29, 0.717) is 30.5 Å². The van der Waals surface area contributed by atoms with Gasteiger partial charge in [0.2, 0.25) is 0 Å². The molecule has 150 valence electrons.